The van der Waals surface area contributed by atoms with Gasteiger partial charge in [0.15, 0.2) is 5.82 Å². The maximum Gasteiger partial charge on any atom is 0.152 e. The van der Waals surface area contributed by atoms with E-state index < -0.39 is 0 Å². The fourth-order valence-electron chi connectivity index (χ4n) is 2.04. The minimum atomic E-state index is 0.772. The average molecular weight is 236 g/mol. The highest BCUT2D eigenvalue weighted by Gasteiger charge is 2.09. The van der Waals surface area contributed by atoms with E-state index in [2.05, 4.69) is 26.3 Å². The first-order chi connectivity index (χ1) is 8.90. The molecule has 2 aromatic heterocycles. The van der Waals surface area contributed by atoms with Gasteiger partial charge in [0.25, 0.3) is 0 Å². The fourth-order valence-corrected chi connectivity index (χ4v) is 2.04. The zero-order chi connectivity index (χ0) is 12.4. The number of rotatable bonds is 2. The molecule has 0 aliphatic heterocycles. The van der Waals surface area contributed by atoms with Crippen LogP contribution in [0.4, 0.5) is 5.82 Å². The monoisotopic (exact) mass is 236 g/mol. The topological polar surface area (TPSA) is 50.7 Å². The number of nitrogens with zero attached hydrogens (tertiary/aromatic N) is 3. The first-order valence-electron chi connectivity index (χ1n) is 5.72. The van der Waals surface area contributed by atoms with Crippen LogP contribution in [0.2, 0.25) is 0 Å². The normalized spacial score (nSPS) is 10.5. The molecule has 4 heteroatoms. The second-order valence-electron chi connectivity index (χ2n) is 3.91. The lowest BCUT2D eigenvalue weighted by molar-refractivity contribution is 1.19. The van der Waals surface area contributed by atoms with Gasteiger partial charge in [-0.3, -0.25) is 9.97 Å². The summed E-state index contributed by atoms with van der Waals surface area (Å²) in [6.07, 6.45) is 7.03. The van der Waals surface area contributed by atoms with Crippen LogP contribution in [0.1, 0.15) is 0 Å². The number of hydrogen-bond donors (Lipinski definition) is 1. The predicted molar refractivity (Wildman–Crippen MR) is 72.3 cm³/mol. The van der Waals surface area contributed by atoms with Crippen LogP contribution in [0, 0.1) is 0 Å². The number of pyridine rings is 1. The molecule has 0 radical (unpaired) electrons. The zero-order valence-electron chi connectivity index (χ0n) is 9.96. The lowest BCUT2D eigenvalue weighted by Gasteiger charge is -2.09. The van der Waals surface area contributed by atoms with Crippen molar-refractivity contribution in [1.29, 1.82) is 0 Å². The molecule has 0 spiro atoms. The van der Waals surface area contributed by atoms with Gasteiger partial charge in [0.2, 0.25) is 0 Å². The second-order valence-corrected chi connectivity index (χ2v) is 3.91. The highest BCUT2D eigenvalue weighted by atomic mass is 15.0. The molecule has 0 amide bonds. The van der Waals surface area contributed by atoms with E-state index in [4.69, 9.17) is 0 Å². The van der Waals surface area contributed by atoms with Gasteiger partial charge in [0.1, 0.15) is 5.69 Å². The Balaban J connectivity index is 2.32. The molecule has 88 valence electrons. The molecule has 0 atom stereocenters. The first-order valence-corrected chi connectivity index (χ1v) is 5.72. The van der Waals surface area contributed by atoms with E-state index >= 15 is 0 Å². The third-order valence-electron chi connectivity index (χ3n) is 2.87. The van der Waals surface area contributed by atoms with Crippen molar-refractivity contribution in [3.63, 3.8) is 0 Å². The zero-order valence-corrected chi connectivity index (χ0v) is 9.96. The molecule has 18 heavy (non-hydrogen) atoms. The summed E-state index contributed by atoms with van der Waals surface area (Å²) in [5, 5.41) is 5.29. The predicted octanol–water partition coefficient (Wildman–Crippen LogP) is 2.73. The van der Waals surface area contributed by atoms with Gasteiger partial charge in [-0.15, -0.1) is 0 Å². The van der Waals surface area contributed by atoms with Crippen LogP contribution in [0.15, 0.2) is 49.1 Å². The number of anilines is 1. The Bertz CT molecular complexity index is 689. The van der Waals surface area contributed by atoms with Gasteiger partial charge in [-0.1, -0.05) is 18.2 Å². The molecular formula is C14H12N4. The van der Waals surface area contributed by atoms with Gasteiger partial charge >= 0.3 is 0 Å². The molecule has 0 fully saturated rings. The molecule has 3 aromatic rings. The van der Waals surface area contributed by atoms with Crippen molar-refractivity contribution in [1.82, 2.24) is 15.0 Å². The summed E-state index contributed by atoms with van der Waals surface area (Å²) in [5.41, 5.74) is 1.89. The van der Waals surface area contributed by atoms with Crippen molar-refractivity contribution in [2.45, 2.75) is 0 Å². The van der Waals surface area contributed by atoms with Gasteiger partial charge in [0.05, 0.1) is 0 Å². The molecule has 1 N–H and O–H groups in total. The minimum absolute atomic E-state index is 0.772. The SMILES string of the molecule is CNc1nccnc1-c1cccc2ccncc12. The smallest absolute Gasteiger partial charge is 0.152 e. The van der Waals surface area contributed by atoms with Gasteiger partial charge in [-0.2, -0.15) is 0 Å². The van der Waals surface area contributed by atoms with E-state index in [0.29, 0.717) is 0 Å². The van der Waals surface area contributed by atoms with Crippen LogP contribution in [0.5, 0.6) is 0 Å². The third-order valence-corrected chi connectivity index (χ3v) is 2.87. The van der Waals surface area contributed by atoms with Crippen LogP contribution in [0.25, 0.3) is 22.0 Å². The summed E-state index contributed by atoms with van der Waals surface area (Å²) in [4.78, 5) is 12.9. The van der Waals surface area contributed by atoms with Crippen LogP contribution < -0.4 is 5.32 Å². The molecule has 4 nitrogen and oxygen atoms in total. The first kappa shape index (κ1) is 10.7. The second kappa shape index (κ2) is 4.41. The van der Waals surface area contributed by atoms with Gasteiger partial charge in [0, 0.05) is 42.8 Å². The molecule has 0 aliphatic rings. The summed E-state index contributed by atoms with van der Waals surface area (Å²) in [7, 11) is 1.84. The van der Waals surface area contributed by atoms with Crippen LogP contribution in [-0.2, 0) is 0 Å². The van der Waals surface area contributed by atoms with Gasteiger partial charge < -0.3 is 5.32 Å². The molecule has 0 bridgehead atoms. The number of aromatic nitrogens is 3. The maximum absolute atomic E-state index is 4.42. The highest BCUT2D eigenvalue weighted by molar-refractivity contribution is 5.97. The largest absolute Gasteiger partial charge is 0.371 e. The Morgan fingerprint density at radius 3 is 2.78 bits per heavy atom. The lowest BCUT2D eigenvalue weighted by atomic mass is 10.0. The molecule has 0 saturated heterocycles. The van der Waals surface area contributed by atoms with E-state index in [1.54, 1.807) is 18.6 Å². The third kappa shape index (κ3) is 1.68. The molecule has 3 rings (SSSR count). The quantitative estimate of drug-likeness (QED) is 0.743. The molecular weight excluding hydrogens is 224 g/mol. The van der Waals surface area contributed by atoms with E-state index in [1.807, 2.05) is 31.4 Å². The number of benzene rings is 1. The van der Waals surface area contributed by atoms with Crippen LogP contribution in [-0.4, -0.2) is 22.0 Å². The van der Waals surface area contributed by atoms with Crippen molar-refractivity contribution in [2.75, 3.05) is 12.4 Å². The summed E-state index contributed by atoms with van der Waals surface area (Å²) in [6, 6.07) is 8.12. The van der Waals surface area contributed by atoms with Crippen molar-refractivity contribution in [3.8, 4) is 11.3 Å². The molecule has 0 aliphatic carbocycles. The number of hydrogen-bond acceptors (Lipinski definition) is 4. The van der Waals surface area contributed by atoms with Crippen LogP contribution >= 0.6 is 0 Å². The van der Waals surface area contributed by atoms with Crippen molar-refractivity contribution >= 4 is 16.6 Å². The van der Waals surface area contributed by atoms with Gasteiger partial charge in [-0.25, -0.2) is 4.98 Å². The molecule has 1 aromatic carbocycles. The van der Waals surface area contributed by atoms with Crippen molar-refractivity contribution in [2.24, 2.45) is 0 Å². The van der Waals surface area contributed by atoms with Crippen molar-refractivity contribution in [3.05, 3.63) is 49.1 Å². The minimum Gasteiger partial charge on any atom is -0.371 e. The van der Waals surface area contributed by atoms with Crippen LogP contribution in [0.3, 0.4) is 0 Å². The Morgan fingerprint density at radius 1 is 1.00 bits per heavy atom. The van der Waals surface area contributed by atoms with Crippen molar-refractivity contribution < 1.29 is 0 Å². The summed E-state index contributed by atoms with van der Waals surface area (Å²) >= 11 is 0. The fraction of sp³-hybridized carbons (Fsp3) is 0.0714. The maximum atomic E-state index is 4.42. The Kier molecular flexibility index (Phi) is 2.61. The van der Waals surface area contributed by atoms with E-state index in [0.717, 1.165) is 27.8 Å². The highest BCUT2D eigenvalue weighted by Crippen LogP contribution is 2.29. The van der Waals surface area contributed by atoms with E-state index in [1.165, 1.54) is 0 Å². The Labute approximate surface area is 105 Å². The summed E-state index contributed by atoms with van der Waals surface area (Å²) in [5.74, 6) is 0.772. The molecule has 2 heterocycles. The van der Waals surface area contributed by atoms with Gasteiger partial charge in [-0.05, 0) is 11.5 Å². The number of nitrogens with one attached hydrogen (secondary N) is 1. The van der Waals surface area contributed by atoms with E-state index in [9.17, 15) is 0 Å². The Morgan fingerprint density at radius 2 is 1.89 bits per heavy atom. The lowest BCUT2D eigenvalue weighted by Crippen LogP contribution is -1.97. The molecule has 0 saturated carbocycles. The standard InChI is InChI=1S/C14H12N4/c1-15-14-13(17-7-8-18-14)11-4-2-3-10-5-6-16-9-12(10)11/h2-9H,1H3,(H,15,18). The summed E-state index contributed by atoms with van der Waals surface area (Å²) in [6.45, 7) is 0. The number of fused-ring (bicyclic) bond motifs is 1. The summed E-state index contributed by atoms with van der Waals surface area (Å²) < 4.78 is 0. The Hall–Kier alpha value is -2.49. The average Bonchev–Trinajstić information content (AvgIpc) is 2.46. The molecule has 0 unspecified atom stereocenters. The van der Waals surface area contributed by atoms with E-state index in [-0.39, 0.29) is 0 Å².